The standard InChI is InChI=1S/C29H22Si/c1-2-30-29(27-23-15-7-3-11-19(23)20-12-4-8-16-24(20)27)28-25-17-9-5-13-21(25)22-14-6-10-18-26(22)28/h2-18,27-29H,1H2. The zero-order valence-corrected chi connectivity index (χ0v) is 17.8. The second kappa shape index (κ2) is 6.96. The van der Waals surface area contributed by atoms with Crippen molar-refractivity contribution in [3.05, 3.63) is 132 Å². The molecule has 0 saturated carbocycles. The van der Waals surface area contributed by atoms with E-state index in [0.29, 0.717) is 26.9 Å². The van der Waals surface area contributed by atoms with Crippen LogP contribution in [0.25, 0.3) is 22.3 Å². The molecule has 2 aliphatic carbocycles. The van der Waals surface area contributed by atoms with Crippen molar-refractivity contribution < 1.29 is 0 Å². The van der Waals surface area contributed by atoms with Gasteiger partial charge in [-0.1, -0.05) is 97.1 Å². The molecule has 0 unspecified atom stereocenters. The summed E-state index contributed by atoms with van der Waals surface area (Å²) >= 11 is 0. The molecule has 6 rings (SSSR count). The van der Waals surface area contributed by atoms with Gasteiger partial charge in [0.2, 0.25) is 0 Å². The van der Waals surface area contributed by atoms with E-state index >= 15 is 0 Å². The molecule has 30 heavy (non-hydrogen) atoms. The van der Waals surface area contributed by atoms with E-state index in [1.54, 1.807) is 0 Å². The Bertz CT molecular complexity index is 1080. The molecular formula is C29H22Si. The molecule has 0 aliphatic heterocycles. The molecule has 2 radical (unpaired) electrons. The van der Waals surface area contributed by atoms with Crippen molar-refractivity contribution >= 4 is 9.52 Å². The Morgan fingerprint density at radius 1 is 0.533 bits per heavy atom. The molecule has 0 bridgehead atoms. The molecule has 0 N–H and O–H groups in total. The Kier molecular flexibility index (Phi) is 4.10. The zero-order chi connectivity index (χ0) is 20.1. The van der Waals surface area contributed by atoms with Crippen LogP contribution in [0.2, 0.25) is 5.54 Å². The van der Waals surface area contributed by atoms with Crippen molar-refractivity contribution in [3.8, 4) is 22.3 Å². The molecule has 0 saturated heterocycles. The first kappa shape index (κ1) is 17.7. The summed E-state index contributed by atoms with van der Waals surface area (Å²) in [6.45, 7) is 4.18. The summed E-state index contributed by atoms with van der Waals surface area (Å²) in [6.07, 6.45) is 0. The van der Waals surface area contributed by atoms with Crippen LogP contribution in [-0.2, 0) is 0 Å². The lowest BCUT2D eigenvalue weighted by atomic mass is 9.82. The number of hydrogen-bond acceptors (Lipinski definition) is 0. The van der Waals surface area contributed by atoms with E-state index in [1.807, 2.05) is 0 Å². The van der Waals surface area contributed by atoms with Gasteiger partial charge in [-0.15, -0.1) is 12.3 Å². The van der Waals surface area contributed by atoms with Crippen LogP contribution >= 0.6 is 0 Å². The Labute approximate surface area is 180 Å². The highest BCUT2D eigenvalue weighted by Crippen LogP contribution is 2.58. The third-order valence-corrected chi connectivity index (χ3v) is 8.08. The van der Waals surface area contributed by atoms with Crippen molar-refractivity contribution in [1.82, 2.24) is 0 Å². The third kappa shape index (κ3) is 2.45. The maximum atomic E-state index is 4.18. The molecule has 1 heteroatoms. The maximum absolute atomic E-state index is 4.18. The number of fused-ring (bicyclic) bond motifs is 6. The summed E-state index contributed by atoms with van der Waals surface area (Å²) in [5, 5.41) is 0. The summed E-state index contributed by atoms with van der Waals surface area (Å²) in [7, 11) is 0.686. The smallest absolute Gasteiger partial charge is 0.0749 e. The van der Waals surface area contributed by atoms with Gasteiger partial charge >= 0.3 is 0 Å². The molecule has 0 spiro atoms. The maximum Gasteiger partial charge on any atom is 0.0749 e. The van der Waals surface area contributed by atoms with Gasteiger partial charge in [0.25, 0.3) is 0 Å². The number of benzene rings is 4. The van der Waals surface area contributed by atoms with E-state index in [-0.39, 0.29) is 0 Å². The van der Waals surface area contributed by atoms with Gasteiger partial charge in [-0.05, 0) is 50.0 Å². The molecule has 2 aliphatic rings. The highest BCUT2D eigenvalue weighted by molar-refractivity contribution is 6.44. The first-order chi connectivity index (χ1) is 14.9. The van der Waals surface area contributed by atoms with Crippen LogP contribution in [0.15, 0.2) is 109 Å². The van der Waals surface area contributed by atoms with E-state index in [2.05, 4.69) is 109 Å². The quantitative estimate of drug-likeness (QED) is 0.318. The van der Waals surface area contributed by atoms with Crippen molar-refractivity contribution in [3.63, 3.8) is 0 Å². The Balaban J connectivity index is 1.59. The van der Waals surface area contributed by atoms with Crippen LogP contribution in [0, 0.1) is 0 Å². The fourth-order valence-electron chi connectivity index (χ4n) is 5.68. The average molecular weight is 399 g/mol. The van der Waals surface area contributed by atoms with Crippen molar-refractivity contribution in [1.29, 1.82) is 0 Å². The average Bonchev–Trinajstić information content (AvgIpc) is 3.31. The second-order valence-electron chi connectivity index (χ2n) is 8.20. The predicted octanol–water partition coefficient (Wildman–Crippen LogP) is 7.25. The molecule has 0 atom stereocenters. The largest absolute Gasteiger partial charge is 0.107 e. The van der Waals surface area contributed by atoms with Crippen LogP contribution in [0.3, 0.4) is 0 Å². The highest BCUT2D eigenvalue weighted by Gasteiger charge is 2.42. The van der Waals surface area contributed by atoms with Gasteiger partial charge in [0, 0.05) is 11.8 Å². The Hall–Kier alpha value is -3.16. The molecule has 142 valence electrons. The number of hydrogen-bond donors (Lipinski definition) is 0. The zero-order valence-electron chi connectivity index (χ0n) is 16.8. The van der Waals surface area contributed by atoms with E-state index in [9.17, 15) is 0 Å². The molecule has 0 heterocycles. The fourth-order valence-corrected chi connectivity index (χ4v) is 7.06. The highest BCUT2D eigenvalue weighted by atomic mass is 28.2. The third-order valence-electron chi connectivity index (χ3n) is 6.79. The van der Waals surface area contributed by atoms with Gasteiger partial charge in [-0.2, -0.15) is 0 Å². The normalized spacial score (nSPS) is 14.3. The van der Waals surface area contributed by atoms with Crippen LogP contribution < -0.4 is 0 Å². The lowest BCUT2D eigenvalue weighted by Gasteiger charge is -2.31. The summed E-state index contributed by atoms with van der Waals surface area (Å²) < 4.78 is 0. The van der Waals surface area contributed by atoms with Crippen molar-refractivity contribution in [2.45, 2.75) is 17.4 Å². The lowest BCUT2D eigenvalue weighted by Crippen LogP contribution is -2.20. The summed E-state index contributed by atoms with van der Waals surface area (Å²) in [4.78, 5) is 0. The van der Waals surface area contributed by atoms with E-state index in [0.717, 1.165) is 0 Å². The first-order valence-electron chi connectivity index (χ1n) is 10.6. The van der Waals surface area contributed by atoms with E-state index in [4.69, 9.17) is 0 Å². The van der Waals surface area contributed by atoms with E-state index < -0.39 is 0 Å². The van der Waals surface area contributed by atoms with E-state index in [1.165, 1.54) is 44.5 Å². The minimum Gasteiger partial charge on any atom is -0.107 e. The lowest BCUT2D eigenvalue weighted by molar-refractivity contribution is 0.657. The summed E-state index contributed by atoms with van der Waals surface area (Å²) in [5.74, 6) is 0.774. The minimum absolute atomic E-state index is 0.387. The predicted molar refractivity (Wildman–Crippen MR) is 127 cm³/mol. The topological polar surface area (TPSA) is 0 Å². The molecular weight excluding hydrogens is 376 g/mol. The molecule has 0 amide bonds. The van der Waals surface area contributed by atoms with Crippen molar-refractivity contribution in [2.75, 3.05) is 0 Å². The van der Waals surface area contributed by atoms with Crippen molar-refractivity contribution in [2.24, 2.45) is 0 Å². The van der Waals surface area contributed by atoms with Gasteiger partial charge in [-0.25, -0.2) is 0 Å². The second-order valence-corrected chi connectivity index (χ2v) is 9.61. The SMILES string of the molecule is C=C[Si]C(C1c2ccccc2-c2ccccc21)C1c2ccccc2-c2ccccc21. The minimum atomic E-state index is 0.387. The van der Waals surface area contributed by atoms with Crippen LogP contribution in [0.4, 0.5) is 0 Å². The molecule has 0 fully saturated rings. The summed E-state index contributed by atoms with van der Waals surface area (Å²) in [6, 6.07) is 36.0. The Morgan fingerprint density at radius 2 is 0.833 bits per heavy atom. The number of rotatable bonds is 4. The van der Waals surface area contributed by atoms with Crippen LogP contribution in [-0.4, -0.2) is 9.52 Å². The molecule has 0 aromatic heterocycles. The Morgan fingerprint density at radius 3 is 1.13 bits per heavy atom. The molecule has 0 nitrogen and oxygen atoms in total. The van der Waals surface area contributed by atoms with Crippen LogP contribution in [0.1, 0.15) is 34.1 Å². The monoisotopic (exact) mass is 398 g/mol. The van der Waals surface area contributed by atoms with Gasteiger partial charge in [0.05, 0.1) is 9.52 Å². The van der Waals surface area contributed by atoms with Gasteiger partial charge < -0.3 is 0 Å². The van der Waals surface area contributed by atoms with Gasteiger partial charge in [-0.3, -0.25) is 0 Å². The van der Waals surface area contributed by atoms with Gasteiger partial charge in [0.1, 0.15) is 0 Å². The molecule has 4 aromatic carbocycles. The fraction of sp³-hybridized carbons (Fsp3) is 0.103. The van der Waals surface area contributed by atoms with Gasteiger partial charge in [0.15, 0.2) is 0 Å². The summed E-state index contributed by atoms with van der Waals surface area (Å²) in [5.41, 5.74) is 14.1. The molecule has 4 aromatic rings. The first-order valence-corrected chi connectivity index (χ1v) is 11.8. The van der Waals surface area contributed by atoms with Crippen LogP contribution in [0.5, 0.6) is 0 Å².